The van der Waals surface area contributed by atoms with Crippen LogP contribution in [-0.4, -0.2) is 48.1 Å². The number of furan rings is 1. The van der Waals surface area contributed by atoms with Crippen molar-refractivity contribution in [3.05, 3.63) is 64.1 Å². The molecule has 11 heteroatoms. The normalized spacial score (nSPS) is 15.4. The molecule has 0 unspecified atom stereocenters. The zero-order valence-electron chi connectivity index (χ0n) is 19.6. The first kappa shape index (κ1) is 24.5. The number of likely N-dealkylation sites (N-methyl/N-ethyl adjacent to an activating group) is 1. The molecule has 4 heterocycles. The van der Waals surface area contributed by atoms with Gasteiger partial charge in [0.2, 0.25) is 5.75 Å². The zero-order valence-corrected chi connectivity index (χ0v) is 21.1. The van der Waals surface area contributed by atoms with E-state index >= 15 is 0 Å². The number of ether oxygens (including phenoxy) is 1. The number of nitrogens with two attached hydrogens (primary N) is 1. The molecule has 1 atom stereocenters. The molecule has 4 aromatic rings. The molecule has 188 valence electrons. The number of aromatic nitrogens is 2. The van der Waals surface area contributed by atoms with Gasteiger partial charge in [0.05, 0.1) is 21.7 Å². The lowest BCUT2D eigenvalue weighted by molar-refractivity contribution is 0.227. The van der Waals surface area contributed by atoms with Gasteiger partial charge in [0.25, 0.3) is 0 Å². The first-order valence-electron chi connectivity index (χ1n) is 11.3. The van der Waals surface area contributed by atoms with E-state index in [2.05, 4.69) is 26.8 Å². The second kappa shape index (κ2) is 9.72. The summed E-state index contributed by atoms with van der Waals surface area (Å²) in [5.41, 5.74) is 7.95. The van der Waals surface area contributed by atoms with Crippen LogP contribution >= 0.6 is 23.2 Å². The number of benzene rings is 1. The summed E-state index contributed by atoms with van der Waals surface area (Å²) >= 11 is 12.1. The summed E-state index contributed by atoms with van der Waals surface area (Å²) < 4.78 is 39.9. The summed E-state index contributed by atoms with van der Waals surface area (Å²) in [6.45, 7) is 5.37. The molecule has 5 rings (SSSR count). The molecule has 0 radical (unpaired) electrons. The van der Waals surface area contributed by atoms with E-state index in [4.69, 9.17) is 38.1 Å². The van der Waals surface area contributed by atoms with Crippen molar-refractivity contribution in [1.82, 2.24) is 14.9 Å². The first-order chi connectivity index (χ1) is 17.2. The summed E-state index contributed by atoms with van der Waals surface area (Å²) in [6, 6.07) is 4.57. The zero-order chi connectivity index (χ0) is 25.6. The predicted molar refractivity (Wildman–Crippen MR) is 137 cm³/mol. The van der Waals surface area contributed by atoms with Crippen molar-refractivity contribution in [1.29, 1.82) is 0 Å². The van der Waals surface area contributed by atoms with Gasteiger partial charge in [-0.15, -0.1) is 0 Å². The first-order valence-corrected chi connectivity index (χ1v) is 12.0. The van der Waals surface area contributed by atoms with Crippen LogP contribution in [0.5, 0.6) is 5.75 Å². The molecular weight excluding hydrogens is 511 g/mol. The standard InChI is InChI=1S/C25H23Cl2F2N5O2/c1-13(20-21(26)17(28)9-18(29)22(20)27)36-24-23-15(11-32-25(24)30)16(12-35-23)14-3-4-19(31-10-14)34-7-5-33(2)6-8-34/h3-4,9-13H,5-8H2,1-2H3,(H2,30,32)/t13-/m1/s1. The van der Waals surface area contributed by atoms with Crippen LogP contribution in [0.2, 0.25) is 10.0 Å². The summed E-state index contributed by atoms with van der Waals surface area (Å²) in [5.74, 6) is -0.814. The van der Waals surface area contributed by atoms with Crippen LogP contribution in [0.4, 0.5) is 20.4 Å². The number of fused-ring (bicyclic) bond motifs is 1. The van der Waals surface area contributed by atoms with Gasteiger partial charge in [-0.25, -0.2) is 18.7 Å². The molecule has 0 amide bonds. The van der Waals surface area contributed by atoms with Gasteiger partial charge in [0.1, 0.15) is 23.6 Å². The van der Waals surface area contributed by atoms with E-state index in [1.54, 1.807) is 25.6 Å². The summed E-state index contributed by atoms with van der Waals surface area (Å²) in [5, 5.41) is -0.0262. The smallest absolute Gasteiger partial charge is 0.205 e. The lowest BCUT2D eigenvalue weighted by Gasteiger charge is -2.33. The average molecular weight is 534 g/mol. The van der Waals surface area contributed by atoms with Crippen LogP contribution in [0.1, 0.15) is 18.6 Å². The van der Waals surface area contributed by atoms with Gasteiger partial charge in [-0.1, -0.05) is 23.2 Å². The number of rotatable bonds is 5. The molecule has 1 saturated heterocycles. The molecule has 1 fully saturated rings. The Bertz CT molecular complexity index is 1400. The predicted octanol–water partition coefficient (Wildman–Crippen LogP) is 5.95. The van der Waals surface area contributed by atoms with Crippen LogP contribution < -0.4 is 15.4 Å². The maximum atomic E-state index is 14.1. The Kier molecular flexibility index (Phi) is 6.63. The number of pyridine rings is 2. The van der Waals surface area contributed by atoms with Crippen LogP contribution in [0.15, 0.2) is 41.3 Å². The number of piperazine rings is 1. The van der Waals surface area contributed by atoms with Crippen molar-refractivity contribution in [3.63, 3.8) is 0 Å². The number of halogens is 4. The fourth-order valence-corrected chi connectivity index (χ4v) is 4.92. The van der Waals surface area contributed by atoms with E-state index in [0.717, 1.165) is 43.1 Å². The Morgan fingerprint density at radius 2 is 1.75 bits per heavy atom. The Labute approximate surface area is 216 Å². The van der Waals surface area contributed by atoms with Crippen LogP contribution in [0, 0.1) is 11.6 Å². The van der Waals surface area contributed by atoms with Crippen molar-refractivity contribution in [3.8, 4) is 16.9 Å². The Hall–Kier alpha value is -3.14. The molecule has 0 saturated carbocycles. The molecule has 36 heavy (non-hydrogen) atoms. The van der Waals surface area contributed by atoms with Crippen molar-refractivity contribution in [2.45, 2.75) is 13.0 Å². The van der Waals surface area contributed by atoms with Gasteiger partial charge in [-0.3, -0.25) is 0 Å². The highest BCUT2D eigenvalue weighted by atomic mass is 35.5. The lowest BCUT2D eigenvalue weighted by Crippen LogP contribution is -2.44. The number of nitrogens with zero attached hydrogens (tertiary/aromatic N) is 4. The maximum absolute atomic E-state index is 14.1. The third kappa shape index (κ3) is 4.42. The second-order valence-electron chi connectivity index (χ2n) is 8.70. The molecule has 7 nitrogen and oxygen atoms in total. The van der Waals surface area contributed by atoms with E-state index in [1.165, 1.54) is 0 Å². The van der Waals surface area contributed by atoms with E-state index in [-0.39, 0.29) is 27.2 Å². The van der Waals surface area contributed by atoms with E-state index in [1.807, 2.05) is 12.1 Å². The number of hydrogen-bond donors (Lipinski definition) is 1. The third-order valence-electron chi connectivity index (χ3n) is 6.33. The van der Waals surface area contributed by atoms with Crippen LogP contribution in [0.25, 0.3) is 22.1 Å². The highest BCUT2D eigenvalue weighted by molar-refractivity contribution is 6.36. The van der Waals surface area contributed by atoms with Gasteiger partial charge in [-0.2, -0.15) is 0 Å². The number of anilines is 2. The van der Waals surface area contributed by atoms with Crippen molar-refractivity contribution >= 4 is 45.8 Å². The molecule has 2 N–H and O–H groups in total. The number of nitrogen functional groups attached to an aromatic ring is 1. The maximum Gasteiger partial charge on any atom is 0.205 e. The molecular formula is C25H23Cl2F2N5O2. The quantitative estimate of drug-likeness (QED) is 0.317. The molecule has 1 aliphatic rings. The van der Waals surface area contributed by atoms with Gasteiger partial charge in [0.15, 0.2) is 11.4 Å². The fraction of sp³-hybridized carbons (Fsp3) is 0.280. The second-order valence-corrected chi connectivity index (χ2v) is 9.46. The Morgan fingerprint density at radius 1 is 1.06 bits per heavy atom. The molecule has 1 aliphatic heterocycles. The monoisotopic (exact) mass is 533 g/mol. The van der Waals surface area contributed by atoms with Crippen LogP contribution in [0.3, 0.4) is 0 Å². The third-order valence-corrected chi connectivity index (χ3v) is 7.10. The van der Waals surface area contributed by atoms with E-state index in [0.29, 0.717) is 17.0 Å². The minimum Gasteiger partial charge on any atom is -0.478 e. The van der Waals surface area contributed by atoms with Crippen LogP contribution in [-0.2, 0) is 0 Å². The summed E-state index contributed by atoms with van der Waals surface area (Å²) in [4.78, 5) is 13.4. The van der Waals surface area contributed by atoms with Gasteiger partial charge in [0, 0.05) is 61.3 Å². The van der Waals surface area contributed by atoms with Crippen molar-refractivity contribution < 1.29 is 17.9 Å². The summed E-state index contributed by atoms with van der Waals surface area (Å²) in [7, 11) is 2.11. The van der Waals surface area contributed by atoms with Crippen molar-refractivity contribution in [2.24, 2.45) is 0 Å². The van der Waals surface area contributed by atoms with Gasteiger partial charge < -0.3 is 24.7 Å². The lowest BCUT2D eigenvalue weighted by atomic mass is 10.1. The Balaban J connectivity index is 1.46. The fourth-order valence-electron chi connectivity index (χ4n) is 4.27. The van der Waals surface area contributed by atoms with Crippen molar-refractivity contribution in [2.75, 3.05) is 43.9 Å². The SMILES string of the molecule is C[C@@H](Oc1c(N)ncc2c(-c3ccc(N4CCN(C)CC4)nc3)coc12)c1c(Cl)c(F)cc(F)c1Cl. The minimum absolute atomic E-state index is 0.0392. The van der Waals surface area contributed by atoms with E-state index < -0.39 is 17.7 Å². The average Bonchev–Trinajstić information content (AvgIpc) is 3.30. The van der Waals surface area contributed by atoms with E-state index in [9.17, 15) is 8.78 Å². The molecule has 0 spiro atoms. The molecule has 0 aliphatic carbocycles. The van der Waals surface area contributed by atoms with Gasteiger partial charge >= 0.3 is 0 Å². The molecule has 3 aromatic heterocycles. The summed E-state index contributed by atoms with van der Waals surface area (Å²) in [6.07, 6.45) is 3.98. The highest BCUT2D eigenvalue weighted by Crippen LogP contribution is 2.42. The molecule has 0 bridgehead atoms. The largest absolute Gasteiger partial charge is 0.478 e. The molecule has 1 aromatic carbocycles. The minimum atomic E-state index is -0.956. The highest BCUT2D eigenvalue weighted by Gasteiger charge is 2.25. The topological polar surface area (TPSA) is 80.7 Å². The number of hydrogen-bond acceptors (Lipinski definition) is 7. The van der Waals surface area contributed by atoms with Gasteiger partial charge in [-0.05, 0) is 26.1 Å². The Morgan fingerprint density at radius 3 is 2.39 bits per heavy atom.